The van der Waals surface area contributed by atoms with E-state index in [2.05, 4.69) is 186 Å². The zero-order valence-electron chi connectivity index (χ0n) is 30.1. The van der Waals surface area contributed by atoms with E-state index in [-0.39, 0.29) is 0 Å². The minimum absolute atomic E-state index is 0.483. The molecule has 3 aromatic heterocycles. The van der Waals surface area contributed by atoms with Gasteiger partial charge < -0.3 is 9.32 Å². The van der Waals surface area contributed by atoms with Gasteiger partial charge in [0.05, 0.1) is 16.5 Å². The van der Waals surface area contributed by atoms with Crippen molar-refractivity contribution < 1.29 is 4.42 Å². The predicted octanol–water partition coefficient (Wildman–Crippen LogP) is 14.2. The molecule has 3 aliphatic rings. The summed E-state index contributed by atoms with van der Waals surface area (Å²) < 4.78 is 6.51. The molecule has 0 atom stereocenters. The fourth-order valence-electron chi connectivity index (χ4n) is 10.6. The van der Waals surface area contributed by atoms with Crippen molar-refractivity contribution in [2.45, 2.75) is 10.8 Å². The van der Waals surface area contributed by atoms with Crippen LogP contribution < -0.4 is 4.90 Å². The quantitative estimate of drug-likeness (QED) is 0.179. The number of hydrogen-bond donors (Lipinski definition) is 0. The Balaban J connectivity index is 1.17. The average Bonchev–Trinajstić information content (AvgIpc) is 4.09. The summed E-state index contributed by atoms with van der Waals surface area (Å²) in [5, 5.41) is 5.79. The number of hydrogen-bond acceptors (Lipinski definition) is 4. The highest BCUT2D eigenvalue weighted by molar-refractivity contribution is 7.17. The second kappa shape index (κ2) is 11.1. The molecule has 0 amide bonds. The molecule has 4 heteroatoms. The van der Waals surface area contributed by atoms with Crippen molar-refractivity contribution in [3.63, 3.8) is 0 Å². The smallest absolute Gasteiger partial charge is 0.137 e. The van der Waals surface area contributed by atoms with E-state index in [0.717, 1.165) is 33.3 Å². The van der Waals surface area contributed by atoms with Gasteiger partial charge >= 0.3 is 0 Å². The summed E-state index contributed by atoms with van der Waals surface area (Å²) in [7, 11) is 0. The maximum absolute atomic E-state index is 6.51. The first-order chi connectivity index (χ1) is 27.8. The second-order valence-corrected chi connectivity index (χ2v) is 17.1. The van der Waals surface area contributed by atoms with Crippen LogP contribution in [0, 0.1) is 0 Å². The monoisotopic (exact) mass is 749 g/mol. The molecular formula is C52H31NOS2. The van der Waals surface area contributed by atoms with Crippen LogP contribution in [-0.2, 0) is 10.8 Å². The molecule has 0 N–H and O–H groups in total. The molecule has 0 saturated heterocycles. The van der Waals surface area contributed by atoms with Gasteiger partial charge in [0.15, 0.2) is 0 Å². The summed E-state index contributed by atoms with van der Waals surface area (Å²) >= 11 is 3.86. The maximum Gasteiger partial charge on any atom is 0.137 e. The maximum atomic E-state index is 6.51. The standard InChI is InChI=1S/C52H31NOS2/c1-2-14-32(15-3-1)53(33-26-27-39-38-20-8-13-25-46(38)54-47(39)30-33)48-31-45-50(56-48)51(40-21-9-4-16-34(40)35-17-5-10-22-41(35)51)44-28-29-55-49(44)52(45)42-23-11-6-18-36(42)37-19-7-12-24-43(37)52/h1-31H. The summed E-state index contributed by atoms with van der Waals surface area (Å²) in [6, 6.07) is 67.4. The molecule has 0 unspecified atom stereocenters. The molecule has 0 aliphatic heterocycles. The Morgan fingerprint density at radius 3 is 1.57 bits per heavy atom. The lowest BCUT2D eigenvalue weighted by atomic mass is 9.58. The van der Waals surface area contributed by atoms with Crippen molar-refractivity contribution in [1.82, 2.24) is 0 Å². The Morgan fingerprint density at radius 1 is 0.393 bits per heavy atom. The molecule has 262 valence electrons. The average molecular weight is 750 g/mol. The molecule has 10 aromatic rings. The molecular weight excluding hydrogens is 719 g/mol. The van der Waals surface area contributed by atoms with E-state index in [0.29, 0.717) is 0 Å². The lowest BCUT2D eigenvalue weighted by Crippen LogP contribution is -2.41. The fraction of sp³-hybridized carbons (Fsp3) is 0.0385. The van der Waals surface area contributed by atoms with Gasteiger partial charge in [-0.1, -0.05) is 133 Å². The van der Waals surface area contributed by atoms with Crippen LogP contribution in [0.3, 0.4) is 0 Å². The zero-order chi connectivity index (χ0) is 36.6. The number of thiophene rings is 2. The molecule has 2 spiro atoms. The molecule has 7 aromatic carbocycles. The van der Waals surface area contributed by atoms with Crippen molar-refractivity contribution in [3.05, 3.63) is 231 Å². The number of nitrogens with zero attached hydrogens (tertiary/aromatic N) is 1. The van der Waals surface area contributed by atoms with Gasteiger partial charge in [0.25, 0.3) is 0 Å². The van der Waals surface area contributed by atoms with Crippen molar-refractivity contribution in [2.24, 2.45) is 0 Å². The van der Waals surface area contributed by atoms with E-state index in [4.69, 9.17) is 4.42 Å². The number of benzene rings is 7. The van der Waals surface area contributed by atoms with Gasteiger partial charge in [-0.15, -0.1) is 22.7 Å². The van der Waals surface area contributed by atoms with Crippen LogP contribution in [-0.4, -0.2) is 0 Å². The van der Waals surface area contributed by atoms with E-state index < -0.39 is 10.8 Å². The van der Waals surface area contributed by atoms with Gasteiger partial charge in [0.1, 0.15) is 16.2 Å². The normalized spacial score (nSPS) is 14.7. The summed E-state index contributed by atoms with van der Waals surface area (Å²) in [6.07, 6.45) is 0. The van der Waals surface area contributed by atoms with Crippen LogP contribution in [0.4, 0.5) is 16.4 Å². The number of rotatable bonds is 3. The molecule has 3 aliphatic carbocycles. The van der Waals surface area contributed by atoms with E-state index in [9.17, 15) is 0 Å². The summed E-state index contributed by atoms with van der Waals surface area (Å²) in [5.74, 6) is 0. The van der Waals surface area contributed by atoms with Crippen LogP contribution >= 0.6 is 22.7 Å². The second-order valence-electron chi connectivity index (χ2n) is 15.1. The van der Waals surface area contributed by atoms with E-state index in [1.54, 1.807) is 0 Å². The van der Waals surface area contributed by atoms with Crippen molar-refractivity contribution in [1.29, 1.82) is 0 Å². The summed E-state index contributed by atoms with van der Waals surface area (Å²) in [6.45, 7) is 0. The summed E-state index contributed by atoms with van der Waals surface area (Å²) in [5.41, 5.74) is 16.5. The van der Waals surface area contributed by atoms with Gasteiger partial charge in [0, 0.05) is 32.3 Å². The molecule has 56 heavy (non-hydrogen) atoms. The summed E-state index contributed by atoms with van der Waals surface area (Å²) in [4.78, 5) is 5.24. The van der Waals surface area contributed by atoms with Crippen LogP contribution in [0.5, 0.6) is 0 Å². The molecule has 3 heterocycles. The largest absolute Gasteiger partial charge is 0.456 e. The van der Waals surface area contributed by atoms with Gasteiger partial charge in [-0.25, -0.2) is 0 Å². The lowest BCUT2D eigenvalue weighted by molar-refractivity contribution is 0.662. The third-order valence-corrected chi connectivity index (χ3v) is 14.9. The first-order valence-electron chi connectivity index (χ1n) is 19.2. The number of anilines is 3. The molecule has 0 radical (unpaired) electrons. The van der Waals surface area contributed by atoms with Gasteiger partial charge in [-0.05, 0) is 103 Å². The number of para-hydroxylation sites is 2. The van der Waals surface area contributed by atoms with E-state index >= 15 is 0 Å². The Hall–Kier alpha value is -6.46. The van der Waals surface area contributed by atoms with Crippen LogP contribution in [0.2, 0.25) is 0 Å². The molecule has 0 saturated carbocycles. The van der Waals surface area contributed by atoms with Crippen molar-refractivity contribution >= 4 is 61.0 Å². The number of fused-ring (bicyclic) bond motifs is 19. The van der Waals surface area contributed by atoms with Crippen LogP contribution in [0.15, 0.2) is 192 Å². The van der Waals surface area contributed by atoms with E-state index in [1.165, 1.54) is 70.4 Å². The van der Waals surface area contributed by atoms with Gasteiger partial charge in [-0.2, -0.15) is 0 Å². The fourth-order valence-corrected chi connectivity index (χ4v) is 13.2. The molecule has 13 rings (SSSR count). The van der Waals surface area contributed by atoms with Gasteiger partial charge in [-0.3, -0.25) is 0 Å². The van der Waals surface area contributed by atoms with Gasteiger partial charge in [0.2, 0.25) is 0 Å². The van der Waals surface area contributed by atoms with Crippen LogP contribution in [0.1, 0.15) is 43.1 Å². The Bertz CT molecular complexity index is 3010. The Labute approximate surface area is 332 Å². The highest BCUT2D eigenvalue weighted by Crippen LogP contribution is 2.70. The molecule has 0 fully saturated rings. The first kappa shape index (κ1) is 30.8. The minimum Gasteiger partial charge on any atom is -0.456 e. The first-order valence-corrected chi connectivity index (χ1v) is 20.9. The highest BCUT2D eigenvalue weighted by Gasteiger charge is 2.61. The highest BCUT2D eigenvalue weighted by atomic mass is 32.1. The van der Waals surface area contributed by atoms with Crippen LogP contribution in [0.25, 0.3) is 44.2 Å². The lowest BCUT2D eigenvalue weighted by Gasteiger charge is -2.45. The number of furan rings is 1. The SMILES string of the molecule is c1ccc(N(c2ccc3c(c2)oc2ccccc23)c2cc3c(s2)C2(c4ccccc4-c4ccccc42)c2ccsc2C32c3ccccc3-c3ccccc32)cc1. The van der Waals surface area contributed by atoms with Crippen molar-refractivity contribution in [3.8, 4) is 22.3 Å². The predicted molar refractivity (Wildman–Crippen MR) is 232 cm³/mol. The zero-order valence-corrected chi connectivity index (χ0v) is 31.7. The molecule has 2 nitrogen and oxygen atoms in total. The Morgan fingerprint density at radius 2 is 0.929 bits per heavy atom. The topological polar surface area (TPSA) is 16.4 Å². The van der Waals surface area contributed by atoms with E-state index in [1.807, 2.05) is 28.7 Å². The van der Waals surface area contributed by atoms with Crippen molar-refractivity contribution in [2.75, 3.05) is 4.90 Å². The Kier molecular flexibility index (Phi) is 6.09. The molecule has 0 bridgehead atoms. The third kappa shape index (κ3) is 3.67. The third-order valence-electron chi connectivity index (χ3n) is 12.6. The minimum atomic E-state index is -0.483.